The number of imidazole rings is 1. The van der Waals surface area contributed by atoms with E-state index in [-0.39, 0.29) is 0 Å². The van der Waals surface area contributed by atoms with Crippen molar-refractivity contribution in [2.24, 2.45) is 5.92 Å². The van der Waals surface area contributed by atoms with Crippen LogP contribution >= 0.6 is 11.6 Å². The van der Waals surface area contributed by atoms with E-state index in [1.807, 2.05) is 0 Å². The van der Waals surface area contributed by atoms with Gasteiger partial charge in [0, 0.05) is 6.54 Å². The van der Waals surface area contributed by atoms with Crippen LogP contribution in [0.3, 0.4) is 0 Å². The molecule has 0 aliphatic heterocycles. The fourth-order valence-electron chi connectivity index (χ4n) is 2.85. The van der Waals surface area contributed by atoms with Crippen LogP contribution in [-0.2, 0) is 12.4 Å². The number of alkyl halides is 1. The third-order valence-electron chi connectivity index (χ3n) is 4.15. The fraction of sp³-hybridized carbons (Fsp3) is 0.533. The number of benzene rings is 1. The molecule has 1 aliphatic carbocycles. The maximum atomic E-state index is 6.04. The van der Waals surface area contributed by atoms with Gasteiger partial charge in [0.2, 0.25) is 0 Å². The number of nitrogens with zero attached hydrogens (tertiary/aromatic N) is 2. The van der Waals surface area contributed by atoms with Gasteiger partial charge in [0.05, 0.1) is 16.9 Å². The molecule has 3 rings (SSSR count). The molecule has 18 heavy (non-hydrogen) atoms. The highest BCUT2D eigenvalue weighted by molar-refractivity contribution is 6.16. The molecule has 1 fully saturated rings. The van der Waals surface area contributed by atoms with Crippen LogP contribution in [0.15, 0.2) is 18.2 Å². The van der Waals surface area contributed by atoms with Gasteiger partial charge < -0.3 is 4.57 Å². The highest BCUT2D eigenvalue weighted by atomic mass is 35.5. The van der Waals surface area contributed by atoms with Gasteiger partial charge >= 0.3 is 0 Å². The van der Waals surface area contributed by atoms with Crippen LogP contribution in [0, 0.1) is 12.8 Å². The maximum absolute atomic E-state index is 6.04. The zero-order chi connectivity index (χ0) is 12.5. The van der Waals surface area contributed by atoms with Gasteiger partial charge in [0.1, 0.15) is 5.82 Å². The Balaban J connectivity index is 1.95. The predicted octanol–water partition coefficient (Wildman–Crippen LogP) is 4.27. The highest BCUT2D eigenvalue weighted by Gasteiger charge is 2.19. The van der Waals surface area contributed by atoms with E-state index in [1.54, 1.807) is 0 Å². The molecule has 1 heterocycles. The summed E-state index contributed by atoms with van der Waals surface area (Å²) in [7, 11) is 0. The van der Waals surface area contributed by atoms with Crippen LogP contribution in [0.4, 0.5) is 0 Å². The van der Waals surface area contributed by atoms with Gasteiger partial charge in [-0.1, -0.05) is 31.4 Å². The van der Waals surface area contributed by atoms with E-state index < -0.39 is 0 Å². The lowest BCUT2D eigenvalue weighted by molar-refractivity contribution is 0.282. The summed E-state index contributed by atoms with van der Waals surface area (Å²) in [6.07, 6.45) is 5.49. The second-order valence-corrected chi connectivity index (χ2v) is 5.61. The highest BCUT2D eigenvalue weighted by Crippen LogP contribution is 2.31. The van der Waals surface area contributed by atoms with Crippen molar-refractivity contribution < 1.29 is 0 Å². The Bertz CT molecular complexity index is 555. The Hall–Kier alpha value is -1.02. The first-order chi connectivity index (χ1) is 8.79. The minimum Gasteiger partial charge on any atom is -0.327 e. The summed E-state index contributed by atoms with van der Waals surface area (Å²) in [5.74, 6) is 2.44. The summed E-state index contributed by atoms with van der Waals surface area (Å²) in [6.45, 7) is 3.22. The molecule has 96 valence electrons. The zero-order valence-corrected chi connectivity index (χ0v) is 11.6. The molecule has 0 bridgehead atoms. The van der Waals surface area contributed by atoms with Crippen LogP contribution in [0.5, 0.6) is 0 Å². The number of para-hydroxylation sites is 1. The largest absolute Gasteiger partial charge is 0.327 e. The summed E-state index contributed by atoms with van der Waals surface area (Å²) in [6, 6.07) is 6.30. The first-order valence-corrected chi connectivity index (χ1v) is 7.33. The molecule has 0 atom stereocenters. The van der Waals surface area contributed by atoms with Gasteiger partial charge in [-0.15, -0.1) is 11.6 Å². The number of rotatable bonds is 4. The fourth-order valence-corrected chi connectivity index (χ4v) is 3.05. The molecule has 2 nitrogen and oxygen atoms in total. The van der Waals surface area contributed by atoms with Crippen LogP contribution in [0.1, 0.15) is 37.1 Å². The van der Waals surface area contributed by atoms with E-state index in [4.69, 9.17) is 11.6 Å². The lowest BCUT2D eigenvalue weighted by atomic mass is 9.83. The van der Waals surface area contributed by atoms with E-state index in [0.29, 0.717) is 5.88 Å². The molecule has 2 aromatic rings. The van der Waals surface area contributed by atoms with E-state index in [2.05, 4.69) is 34.7 Å². The van der Waals surface area contributed by atoms with E-state index in [0.717, 1.165) is 23.8 Å². The molecule has 0 spiro atoms. The molecule has 0 unspecified atom stereocenters. The number of fused-ring (bicyclic) bond motifs is 1. The lowest BCUT2D eigenvalue weighted by Gasteiger charge is -2.25. The smallest absolute Gasteiger partial charge is 0.124 e. The van der Waals surface area contributed by atoms with Crippen molar-refractivity contribution >= 4 is 22.6 Å². The normalized spacial score (nSPS) is 16.1. The second kappa shape index (κ2) is 4.93. The quantitative estimate of drug-likeness (QED) is 0.753. The molecule has 0 radical (unpaired) electrons. The Morgan fingerprint density at radius 2 is 2.22 bits per heavy atom. The number of aromatic nitrogens is 2. The van der Waals surface area contributed by atoms with Crippen LogP contribution in [0.25, 0.3) is 11.0 Å². The first kappa shape index (κ1) is 12.0. The zero-order valence-electron chi connectivity index (χ0n) is 10.8. The van der Waals surface area contributed by atoms with Crippen LogP contribution < -0.4 is 0 Å². The molecule has 1 saturated carbocycles. The minimum atomic E-state index is 0.499. The van der Waals surface area contributed by atoms with Gasteiger partial charge in [-0.3, -0.25) is 0 Å². The molecule has 0 amide bonds. The van der Waals surface area contributed by atoms with Gasteiger partial charge in [-0.05, 0) is 30.9 Å². The van der Waals surface area contributed by atoms with Crippen molar-refractivity contribution in [3.05, 3.63) is 29.6 Å². The van der Waals surface area contributed by atoms with Crippen molar-refractivity contribution in [1.82, 2.24) is 9.55 Å². The average Bonchev–Trinajstić information content (AvgIpc) is 2.67. The summed E-state index contributed by atoms with van der Waals surface area (Å²) in [5, 5.41) is 0. The van der Waals surface area contributed by atoms with Crippen molar-refractivity contribution in [1.29, 1.82) is 0 Å². The Kier molecular flexibility index (Phi) is 3.29. The van der Waals surface area contributed by atoms with E-state index in [9.17, 15) is 0 Å². The topological polar surface area (TPSA) is 17.8 Å². The summed E-state index contributed by atoms with van der Waals surface area (Å²) in [4.78, 5) is 4.64. The van der Waals surface area contributed by atoms with Crippen molar-refractivity contribution in [3.8, 4) is 0 Å². The summed E-state index contributed by atoms with van der Waals surface area (Å²) in [5.41, 5.74) is 3.65. The molecule has 1 aromatic carbocycles. The Morgan fingerprint density at radius 3 is 2.89 bits per heavy atom. The first-order valence-electron chi connectivity index (χ1n) is 6.80. The van der Waals surface area contributed by atoms with Crippen molar-refractivity contribution in [2.75, 3.05) is 0 Å². The van der Waals surface area contributed by atoms with E-state index >= 15 is 0 Å². The summed E-state index contributed by atoms with van der Waals surface area (Å²) < 4.78 is 2.33. The van der Waals surface area contributed by atoms with Gasteiger partial charge in [-0.25, -0.2) is 4.98 Å². The minimum absolute atomic E-state index is 0.499. The van der Waals surface area contributed by atoms with Crippen molar-refractivity contribution in [2.45, 2.75) is 45.0 Å². The molecule has 0 N–H and O–H groups in total. The van der Waals surface area contributed by atoms with Crippen molar-refractivity contribution in [3.63, 3.8) is 0 Å². The average molecular weight is 263 g/mol. The monoisotopic (exact) mass is 262 g/mol. The predicted molar refractivity (Wildman–Crippen MR) is 76.0 cm³/mol. The van der Waals surface area contributed by atoms with E-state index in [1.165, 1.54) is 36.8 Å². The number of aryl methyl sites for hydroxylation is 2. The van der Waals surface area contributed by atoms with Gasteiger partial charge in [0.25, 0.3) is 0 Å². The Labute approximate surface area is 113 Å². The standard InChI is InChI=1S/C15H19ClN2/c1-11-4-2-7-13-15(11)18(14(10-16)17-13)9-8-12-5-3-6-12/h2,4,7,12H,3,5-6,8-10H2,1H3. The summed E-state index contributed by atoms with van der Waals surface area (Å²) >= 11 is 6.04. The SMILES string of the molecule is Cc1cccc2nc(CCl)n(CCC3CCC3)c12. The van der Waals surface area contributed by atoms with Gasteiger partial charge in [-0.2, -0.15) is 0 Å². The van der Waals surface area contributed by atoms with Crippen LogP contribution in [-0.4, -0.2) is 9.55 Å². The Morgan fingerprint density at radius 1 is 1.39 bits per heavy atom. The lowest BCUT2D eigenvalue weighted by Crippen LogP contribution is -2.15. The number of hydrogen-bond donors (Lipinski definition) is 0. The maximum Gasteiger partial charge on any atom is 0.124 e. The molecule has 3 heteroatoms. The second-order valence-electron chi connectivity index (χ2n) is 5.34. The molecule has 0 saturated heterocycles. The third kappa shape index (κ3) is 2.03. The number of halogens is 1. The molecular formula is C15H19ClN2. The molecule has 1 aromatic heterocycles. The number of hydrogen-bond acceptors (Lipinski definition) is 1. The molecule has 1 aliphatic rings. The third-order valence-corrected chi connectivity index (χ3v) is 4.39. The van der Waals surface area contributed by atoms with Gasteiger partial charge in [0.15, 0.2) is 0 Å². The molecular weight excluding hydrogens is 244 g/mol. The van der Waals surface area contributed by atoms with Crippen LogP contribution in [0.2, 0.25) is 0 Å².